The van der Waals surface area contributed by atoms with Gasteiger partial charge in [0.1, 0.15) is 5.52 Å². The van der Waals surface area contributed by atoms with Crippen LogP contribution in [0.25, 0.3) is 11.0 Å². The highest BCUT2D eigenvalue weighted by Crippen LogP contribution is 2.26. The largest absolute Gasteiger partial charge is 0.481 e. The van der Waals surface area contributed by atoms with Gasteiger partial charge in [-0.1, -0.05) is 11.6 Å². The van der Waals surface area contributed by atoms with Gasteiger partial charge in [0.05, 0.1) is 24.1 Å². The maximum absolute atomic E-state index is 10.9. The Morgan fingerprint density at radius 1 is 1.53 bits per heavy atom. The molecule has 2 rings (SSSR count). The summed E-state index contributed by atoms with van der Waals surface area (Å²) in [7, 11) is 1.52. The molecule has 0 aromatic carbocycles. The molecule has 2 N–H and O–H groups in total. The molecular weight excluding hydrogens is 242 g/mol. The number of nitrogens with two attached hydrogens (primary N) is 1. The summed E-state index contributed by atoms with van der Waals surface area (Å²) in [6.07, 6.45) is 1.57. The third kappa shape index (κ3) is 2.29. The molecule has 2 heterocycles. The van der Waals surface area contributed by atoms with Gasteiger partial charge in [0.2, 0.25) is 11.8 Å². The smallest absolute Gasteiger partial charge is 0.221 e. The number of fused-ring (bicyclic) bond motifs is 1. The molecule has 0 aliphatic carbocycles. The van der Waals surface area contributed by atoms with E-state index in [9.17, 15) is 4.79 Å². The summed E-state index contributed by atoms with van der Waals surface area (Å²) in [5, 5.41) is 0.382. The lowest BCUT2D eigenvalue weighted by Gasteiger charge is -2.06. The predicted molar refractivity (Wildman–Crippen MR) is 64.0 cm³/mol. The Hall–Kier alpha value is -1.88. The van der Waals surface area contributed by atoms with Gasteiger partial charge in [0.15, 0.2) is 0 Å². The SMILES string of the molecule is COc1ccc2ncc(CC(N)=O)c(Cl)c2n1. The quantitative estimate of drug-likeness (QED) is 0.892. The summed E-state index contributed by atoms with van der Waals surface area (Å²) in [5.41, 5.74) is 6.83. The van der Waals surface area contributed by atoms with Gasteiger partial charge >= 0.3 is 0 Å². The van der Waals surface area contributed by atoms with Crippen LogP contribution in [0.15, 0.2) is 18.3 Å². The van der Waals surface area contributed by atoms with E-state index >= 15 is 0 Å². The zero-order chi connectivity index (χ0) is 12.4. The zero-order valence-electron chi connectivity index (χ0n) is 9.11. The molecule has 88 valence electrons. The van der Waals surface area contributed by atoms with E-state index in [1.165, 1.54) is 13.3 Å². The second-order valence-electron chi connectivity index (χ2n) is 3.46. The van der Waals surface area contributed by atoms with Crippen LogP contribution in [0.2, 0.25) is 5.02 Å². The van der Waals surface area contributed by atoms with Crippen molar-refractivity contribution in [3.8, 4) is 5.88 Å². The van der Waals surface area contributed by atoms with Gasteiger partial charge in [-0.15, -0.1) is 0 Å². The van der Waals surface area contributed by atoms with Crippen molar-refractivity contribution < 1.29 is 9.53 Å². The van der Waals surface area contributed by atoms with Crippen molar-refractivity contribution in [3.63, 3.8) is 0 Å². The van der Waals surface area contributed by atoms with Gasteiger partial charge in [-0.25, -0.2) is 4.98 Å². The predicted octanol–water partition coefficient (Wildman–Crippen LogP) is 1.32. The van der Waals surface area contributed by atoms with Crippen LogP contribution in [0.5, 0.6) is 5.88 Å². The number of halogens is 1. The number of rotatable bonds is 3. The molecule has 0 bridgehead atoms. The van der Waals surface area contributed by atoms with Gasteiger partial charge in [-0.05, 0) is 6.07 Å². The first-order valence-electron chi connectivity index (χ1n) is 4.88. The number of aromatic nitrogens is 2. The minimum absolute atomic E-state index is 0.0423. The first kappa shape index (κ1) is 11.6. The lowest BCUT2D eigenvalue weighted by molar-refractivity contribution is -0.117. The summed E-state index contributed by atoms with van der Waals surface area (Å²) in [4.78, 5) is 19.2. The van der Waals surface area contributed by atoms with E-state index in [-0.39, 0.29) is 6.42 Å². The van der Waals surface area contributed by atoms with E-state index in [1.807, 2.05) is 0 Å². The van der Waals surface area contributed by atoms with E-state index in [1.54, 1.807) is 12.1 Å². The highest BCUT2D eigenvalue weighted by Gasteiger charge is 2.11. The molecule has 0 spiro atoms. The van der Waals surface area contributed by atoms with E-state index in [0.29, 0.717) is 27.5 Å². The molecule has 0 radical (unpaired) electrons. The fourth-order valence-electron chi connectivity index (χ4n) is 1.48. The van der Waals surface area contributed by atoms with Crippen molar-refractivity contribution in [2.75, 3.05) is 7.11 Å². The number of carbonyl (C=O) groups is 1. The number of hydrogen-bond donors (Lipinski definition) is 1. The molecular formula is C11H10ClN3O2. The summed E-state index contributed by atoms with van der Waals surface area (Å²) < 4.78 is 5.01. The first-order valence-corrected chi connectivity index (χ1v) is 5.26. The van der Waals surface area contributed by atoms with Crippen LogP contribution in [0.3, 0.4) is 0 Å². The fraction of sp³-hybridized carbons (Fsp3) is 0.182. The van der Waals surface area contributed by atoms with E-state index < -0.39 is 5.91 Å². The Morgan fingerprint density at radius 3 is 2.94 bits per heavy atom. The summed E-state index contributed by atoms with van der Waals surface area (Å²) >= 11 is 6.15. The van der Waals surface area contributed by atoms with Crippen LogP contribution in [-0.2, 0) is 11.2 Å². The topological polar surface area (TPSA) is 78.1 Å². The van der Waals surface area contributed by atoms with Crippen LogP contribution in [0.1, 0.15) is 5.56 Å². The van der Waals surface area contributed by atoms with Crippen molar-refractivity contribution in [1.82, 2.24) is 9.97 Å². The Balaban J connectivity index is 2.59. The average molecular weight is 252 g/mol. The summed E-state index contributed by atoms with van der Waals surface area (Å²) in [6, 6.07) is 3.44. The molecule has 5 nitrogen and oxygen atoms in total. The van der Waals surface area contributed by atoms with E-state index in [0.717, 1.165) is 0 Å². The van der Waals surface area contributed by atoms with Gasteiger partial charge in [0.25, 0.3) is 0 Å². The second kappa shape index (κ2) is 4.55. The number of primary amides is 1. The molecule has 6 heteroatoms. The van der Waals surface area contributed by atoms with Crippen molar-refractivity contribution >= 4 is 28.5 Å². The molecule has 0 aliphatic rings. The molecule has 2 aromatic rings. The van der Waals surface area contributed by atoms with Crippen LogP contribution in [-0.4, -0.2) is 23.0 Å². The minimum Gasteiger partial charge on any atom is -0.481 e. The minimum atomic E-state index is -0.462. The Morgan fingerprint density at radius 2 is 2.29 bits per heavy atom. The van der Waals surface area contributed by atoms with Crippen molar-refractivity contribution in [3.05, 3.63) is 28.9 Å². The lowest BCUT2D eigenvalue weighted by atomic mass is 10.2. The third-order valence-corrected chi connectivity index (χ3v) is 2.69. The number of pyridine rings is 2. The van der Waals surface area contributed by atoms with Crippen LogP contribution in [0, 0.1) is 0 Å². The molecule has 0 fully saturated rings. The Bertz CT molecular complexity index is 586. The number of amides is 1. The zero-order valence-corrected chi connectivity index (χ0v) is 9.86. The Labute approximate surface area is 103 Å². The molecule has 0 saturated heterocycles. The second-order valence-corrected chi connectivity index (χ2v) is 3.84. The van der Waals surface area contributed by atoms with Crippen LogP contribution in [0.4, 0.5) is 0 Å². The van der Waals surface area contributed by atoms with Crippen LogP contribution < -0.4 is 10.5 Å². The standard InChI is InChI=1S/C11H10ClN3O2/c1-17-9-3-2-7-11(15-9)10(12)6(5-14-7)4-8(13)16/h2-3,5H,4H2,1H3,(H2,13,16). The van der Waals surface area contributed by atoms with E-state index in [2.05, 4.69) is 9.97 Å². The molecule has 0 saturated carbocycles. The lowest BCUT2D eigenvalue weighted by Crippen LogP contribution is -2.14. The fourth-order valence-corrected chi connectivity index (χ4v) is 1.74. The molecule has 0 atom stereocenters. The molecule has 17 heavy (non-hydrogen) atoms. The Kier molecular flexibility index (Phi) is 3.10. The monoisotopic (exact) mass is 251 g/mol. The van der Waals surface area contributed by atoms with Gasteiger partial charge < -0.3 is 10.5 Å². The summed E-state index contributed by atoms with van der Waals surface area (Å²) in [5.74, 6) is -0.0200. The molecule has 2 aromatic heterocycles. The third-order valence-electron chi connectivity index (χ3n) is 2.27. The van der Waals surface area contributed by atoms with Crippen molar-refractivity contribution in [2.24, 2.45) is 5.73 Å². The maximum atomic E-state index is 10.9. The highest BCUT2D eigenvalue weighted by atomic mass is 35.5. The highest BCUT2D eigenvalue weighted by molar-refractivity contribution is 6.35. The van der Waals surface area contributed by atoms with Gasteiger partial charge in [-0.3, -0.25) is 9.78 Å². The number of hydrogen-bond acceptors (Lipinski definition) is 4. The number of methoxy groups -OCH3 is 1. The maximum Gasteiger partial charge on any atom is 0.221 e. The molecule has 1 amide bonds. The van der Waals surface area contributed by atoms with Gasteiger partial charge in [0, 0.05) is 17.8 Å². The number of ether oxygens (including phenoxy) is 1. The summed E-state index contributed by atoms with van der Waals surface area (Å²) in [6.45, 7) is 0. The normalized spacial score (nSPS) is 10.5. The number of nitrogens with zero attached hydrogens (tertiary/aromatic N) is 2. The molecule has 0 unspecified atom stereocenters. The molecule has 0 aliphatic heterocycles. The van der Waals surface area contributed by atoms with Crippen molar-refractivity contribution in [2.45, 2.75) is 6.42 Å². The average Bonchev–Trinajstić information content (AvgIpc) is 2.32. The van der Waals surface area contributed by atoms with Crippen LogP contribution >= 0.6 is 11.6 Å². The van der Waals surface area contributed by atoms with Crippen molar-refractivity contribution in [1.29, 1.82) is 0 Å². The number of carbonyl (C=O) groups excluding carboxylic acids is 1. The van der Waals surface area contributed by atoms with Gasteiger partial charge in [-0.2, -0.15) is 0 Å². The first-order chi connectivity index (χ1) is 8.11. The van der Waals surface area contributed by atoms with E-state index in [4.69, 9.17) is 22.1 Å².